The second-order valence-corrected chi connectivity index (χ2v) is 5.58. The van der Waals surface area contributed by atoms with Crippen LogP contribution in [-0.4, -0.2) is 24.0 Å². The summed E-state index contributed by atoms with van der Waals surface area (Å²) in [5.41, 5.74) is 7.67. The Bertz CT molecular complexity index is 336. The number of hydrogen-bond acceptors (Lipinski definition) is 2. The van der Waals surface area contributed by atoms with E-state index in [0.717, 1.165) is 19.5 Å². The highest BCUT2D eigenvalue weighted by Crippen LogP contribution is 2.22. The quantitative estimate of drug-likeness (QED) is 0.865. The van der Waals surface area contributed by atoms with Crippen molar-refractivity contribution in [3.8, 4) is 0 Å². The fraction of sp³-hybridized carbons (Fsp3) is 0.625. The number of hydrogen-bond donors (Lipinski definition) is 1. The first-order valence-corrected chi connectivity index (χ1v) is 7.31. The lowest BCUT2D eigenvalue weighted by Crippen LogP contribution is -2.46. The second-order valence-electron chi connectivity index (χ2n) is 5.58. The van der Waals surface area contributed by atoms with E-state index in [1.165, 1.54) is 31.4 Å². The van der Waals surface area contributed by atoms with Gasteiger partial charge in [-0.3, -0.25) is 4.90 Å². The van der Waals surface area contributed by atoms with E-state index in [1.807, 2.05) is 0 Å². The number of likely N-dealkylation sites (tertiary alicyclic amines) is 1. The Balaban J connectivity index is 1.87. The zero-order valence-electron chi connectivity index (χ0n) is 11.5. The van der Waals surface area contributed by atoms with Crippen molar-refractivity contribution < 1.29 is 0 Å². The van der Waals surface area contributed by atoms with Crippen LogP contribution in [-0.2, 0) is 6.54 Å². The molecule has 1 saturated heterocycles. The van der Waals surface area contributed by atoms with Gasteiger partial charge < -0.3 is 5.73 Å². The van der Waals surface area contributed by atoms with E-state index in [-0.39, 0.29) is 0 Å². The summed E-state index contributed by atoms with van der Waals surface area (Å²) in [6, 6.07) is 11.2. The van der Waals surface area contributed by atoms with E-state index < -0.39 is 0 Å². The molecule has 18 heavy (non-hydrogen) atoms. The summed E-state index contributed by atoms with van der Waals surface area (Å²) in [4.78, 5) is 2.57. The molecule has 0 bridgehead atoms. The van der Waals surface area contributed by atoms with Crippen LogP contribution in [0.2, 0.25) is 0 Å². The third-order valence-electron chi connectivity index (χ3n) is 4.05. The zero-order valence-corrected chi connectivity index (χ0v) is 11.5. The Kier molecular flexibility index (Phi) is 5.21. The molecule has 0 amide bonds. The second kappa shape index (κ2) is 6.91. The highest BCUT2D eigenvalue weighted by Gasteiger charge is 2.25. The van der Waals surface area contributed by atoms with E-state index in [0.29, 0.717) is 12.0 Å². The monoisotopic (exact) mass is 246 g/mol. The summed E-state index contributed by atoms with van der Waals surface area (Å²) >= 11 is 0. The third kappa shape index (κ3) is 3.82. The van der Waals surface area contributed by atoms with Gasteiger partial charge in [-0.1, -0.05) is 50.1 Å². The van der Waals surface area contributed by atoms with Crippen LogP contribution in [0.15, 0.2) is 30.3 Å². The largest absolute Gasteiger partial charge is 0.327 e. The van der Waals surface area contributed by atoms with Crippen LogP contribution in [0.5, 0.6) is 0 Å². The zero-order chi connectivity index (χ0) is 12.8. The van der Waals surface area contributed by atoms with Crippen LogP contribution in [0.25, 0.3) is 0 Å². The third-order valence-corrected chi connectivity index (χ3v) is 4.05. The van der Waals surface area contributed by atoms with Gasteiger partial charge in [0.25, 0.3) is 0 Å². The number of benzene rings is 1. The van der Waals surface area contributed by atoms with Crippen LogP contribution in [0.3, 0.4) is 0 Å². The first-order chi connectivity index (χ1) is 8.79. The standard InChI is InChI=1S/C16H26N2/c1-2-3-9-15-13-18(11-10-16(15)17)12-14-7-5-4-6-8-14/h4-8,15-16H,2-3,9-13,17H2,1H3/t15-,16+/m0/s1. The summed E-state index contributed by atoms with van der Waals surface area (Å²) in [6.45, 7) is 5.67. The van der Waals surface area contributed by atoms with Crippen molar-refractivity contribution in [3.05, 3.63) is 35.9 Å². The molecule has 1 aliphatic rings. The van der Waals surface area contributed by atoms with E-state index in [9.17, 15) is 0 Å². The Morgan fingerprint density at radius 2 is 2.06 bits per heavy atom. The molecular weight excluding hydrogens is 220 g/mol. The van der Waals surface area contributed by atoms with Gasteiger partial charge in [-0.2, -0.15) is 0 Å². The average Bonchev–Trinajstić information content (AvgIpc) is 2.40. The first kappa shape index (κ1) is 13.6. The SMILES string of the molecule is CCCC[C@H]1CN(Cc2ccccc2)CC[C@H]1N. The highest BCUT2D eigenvalue weighted by atomic mass is 15.1. The van der Waals surface area contributed by atoms with E-state index in [2.05, 4.69) is 42.2 Å². The maximum absolute atomic E-state index is 6.25. The van der Waals surface area contributed by atoms with Gasteiger partial charge in [0.15, 0.2) is 0 Å². The number of piperidine rings is 1. The van der Waals surface area contributed by atoms with Crippen molar-refractivity contribution in [2.45, 2.75) is 45.2 Å². The topological polar surface area (TPSA) is 29.3 Å². The van der Waals surface area contributed by atoms with Crippen LogP contribution >= 0.6 is 0 Å². The number of unbranched alkanes of at least 4 members (excludes halogenated alkanes) is 1. The van der Waals surface area contributed by atoms with Gasteiger partial charge in [-0.05, 0) is 30.9 Å². The lowest BCUT2D eigenvalue weighted by atomic mass is 9.88. The molecule has 0 spiro atoms. The van der Waals surface area contributed by atoms with Crippen LogP contribution in [0.4, 0.5) is 0 Å². The van der Waals surface area contributed by atoms with Gasteiger partial charge in [0, 0.05) is 19.1 Å². The molecule has 100 valence electrons. The summed E-state index contributed by atoms with van der Waals surface area (Å²) < 4.78 is 0. The molecule has 2 atom stereocenters. The Labute approximate surface area is 111 Å². The minimum absolute atomic E-state index is 0.420. The predicted molar refractivity (Wildman–Crippen MR) is 77.3 cm³/mol. The minimum atomic E-state index is 0.420. The van der Waals surface area contributed by atoms with Gasteiger partial charge in [0.2, 0.25) is 0 Å². The summed E-state index contributed by atoms with van der Waals surface area (Å²) in [6.07, 6.45) is 5.05. The number of nitrogens with two attached hydrogens (primary N) is 1. The van der Waals surface area contributed by atoms with Gasteiger partial charge in [0.1, 0.15) is 0 Å². The van der Waals surface area contributed by atoms with Crippen molar-refractivity contribution in [3.63, 3.8) is 0 Å². The first-order valence-electron chi connectivity index (χ1n) is 7.31. The van der Waals surface area contributed by atoms with Crippen molar-refractivity contribution in [1.29, 1.82) is 0 Å². The van der Waals surface area contributed by atoms with Gasteiger partial charge >= 0.3 is 0 Å². The Hall–Kier alpha value is -0.860. The highest BCUT2D eigenvalue weighted by molar-refractivity contribution is 5.14. The Morgan fingerprint density at radius 1 is 1.28 bits per heavy atom. The smallest absolute Gasteiger partial charge is 0.0233 e. The van der Waals surface area contributed by atoms with Crippen molar-refractivity contribution in [2.24, 2.45) is 11.7 Å². The molecule has 1 aromatic rings. The van der Waals surface area contributed by atoms with E-state index >= 15 is 0 Å². The molecule has 2 nitrogen and oxygen atoms in total. The summed E-state index contributed by atoms with van der Waals surface area (Å²) in [5.74, 6) is 0.697. The molecule has 2 heteroatoms. The molecule has 0 saturated carbocycles. The molecule has 0 unspecified atom stereocenters. The average molecular weight is 246 g/mol. The predicted octanol–water partition coefficient (Wildman–Crippen LogP) is 3.03. The van der Waals surface area contributed by atoms with Gasteiger partial charge in [0.05, 0.1) is 0 Å². The molecule has 1 heterocycles. The fourth-order valence-corrected chi connectivity index (χ4v) is 2.88. The molecule has 0 aromatic heterocycles. The van der Waals surface area contributed by atoms with E-state index in [4.69, 9.17) is 5.73 Å². The number of nitrogens with zero attached hydrogens (tertiary/aromatic N) is 1. The molecule has 1 aromatic carbocycles. The van der Waals surface area contributed by atoms with Crippen LogP contribution < -0.4 is 5.73 Å². The molecule has 2 rings (SSSR count). The van der Waals surface area contributed by atoms with Crippen LogP contribution in [0, 0.1) is 5.92 Å². The molecule has 2 N–H and O–H groups in total. The minimum Gasteiger partial charge on any atom is -0.327 e. The lowest BCUT2D eigenvalue weighted by Gasteiger charge is -2.37. The van der Waals surface area contributed by atoms with Gasteiger partial charge in [-0.15, -0.1) is 0 Å². The molecular formula is C16H26N2. The number of rotatable bonds is 5. The maximum atomic E-state index is 6.25. The van der Waals surface area contributed by atoms with Crippen molar-refractivity contribution in [2.75, 3.05) is 13.1 Å². The van der Waals surface area contributed by atoms with Crippen molar-refractivity contribution in [1.82, 2.24) is 4.90 Å². The van der Waals surface area contributed by atoms with Gasteiger partial charge in [-0.25, -0.2) is 0 Å². The summed E-state index contributed by atoms with van der Waals surface area (Å²) in [7, 11) is 0. The van der Waals surface area contributed by atoms with Crippen LogP contribution in [0.1, 0.15) is 38.2 Å². The molecule has 0 radical (unpaired) electrons. The molecule has 1 aliphatic heterocycles. The lowest BCUT2D eigenvalue weighted by molar-refractivity contribution is 0.141. The Morgan fingerprint density at radius 3 is 2.78 bits per heavy atom. The molecule has 1 fully saturated rings. The summed E-state index contributed by atoms with van der Waals surface area (Å²) in [5, 5.41) is 0. The normalized spacial score (nSPS) is 25.2. The van der Waals surface area contributed by atoms with Crippen molar-refractivity contribution >= 4 is 0 Å². The maximum Gasteiger partial charge on any atom is 0.0233 e. The fourth-order valence-electron chi connectivity index (χ4n) is 2.88. The van der Waals surface area contributed by atoms with E-state index in [1.54, 1.807) is 0 Å². The molecule has 0 aliphatic carbocycles.